The molecule has 1 amide bonds. The molecule has 0 saturated carbocycles. The maximum absolute atomic E-state index is 11.8. The molecule has 0 aliphatic carbocycles. The predicted molar refractivity (Wildman–Crippen MR) is 72.1 cm³/mol. The highest BCUT2D eigenvalue weighted by molar-refractivity contribution is 7.89. The Balaban J connectivity index is 2.43. The number of likely N-dealkylation sites (tertiary alicyclic amines) is 1. The number of rotatable bonds is 7. The van der Waals surface area contributed by atoms with Crippen molar-refractivity contribution in [2.75, 3.05) is 24.7 Å². The molecule has 7 heteroatoms. The summed E-state index contributed by atoms with van der Waals surface area (Å²) in [6.45, 7) is 4.73. The Morgan fingerprint density at radius 3 is 2.61 bits per heavy atom. The van der Waals surface area contributed by atoms with Gasteiger partial charge in [0, 0.05) is 31.4 Å². The molecule has 18 heavy (non-hydrogen) atoms. The number of carbonyl (C=O) groups excluding carboxylic acids is 1. The molecule has 5 nitrogen and oxygen atoms in total. The topological polar surface area (TPSA) is 66.5 Å². The molecule has 0 aromatic rings. The lowest BCUT2D eigenvalue weighted by molar-refractivity contribution is -0.127. The summed E-state index contributed by atoms with van der Waals surface area (Å²) >= 11 is 5.61. The molecule has 1 rings (SSSR count). The third-order valence-corrected chi connectivity index (χ3v) is 5.11. The van der Waals surface area contributed by atoms with Crippen molar-refractivity contribution in [2.45, 2.75) is 32.7 Å². The van der Waals surface area contributed by atoms with Crippen molar-refractivity contribution in [3.8, 4) is 0 Å². The molecule has 1 saturated heterocycles. The van der Waals surface area contributed by atoms with E-state index in [2.05, 4.69) is 4.72 Å². The number of nitrogens with one attached hydrogen (secondary N) is 1. The first-order chi connectivity index (χ1) is 8.34. The van der Waals surface area contributed by atoms with Gasteiger partial charge in [-0.1, -0.05) is 6.92 Å². The fraction of sp³-hybridized carbons (Fsp3) is 0.909. The molecule has 1 heterocycles. The van der Waals surface area contributed by atoms with E-state index >= 15 is 0 Å². The Labute approximate surface area is 114 Å². The van der Waals surface area contributed by atoms with Crippen LogP contribution in [0.4, 0.5) is 0 Å². The van der Waals surface area contributed by atoms with Crippen LogP contribution < -0.4 is 4.72 Å². The first kappa shape index (κ1) is 15.7. The first-order valence-corrected chi connectivity index (χ1v) is 8.36. The van der Waals surface area contributed by atoms with E-state index in [1.54, 1.807) is 18.7 Å². The summed E-state index contributed by atoms with van der Waals surface area (Å²) in [5.74, 6) is 0.370. The zero-order valence-electron chi connectivity index (χ0n) is 10.9. The zero-order valence-corrected chi connectivity index (χ0v) is 12.4. The Hall–Kier alpha value is -0.330. The van der Waals surface area contributed by atoms with Gasteiger partial charge in [0.05, 0.1) is 5.75 Å². The number of halogens is 1. The number of hydrogen-bond acceptors (Lipinski definition) is 3. The number of alkyl halides is 1. The molecule has 0 spiro atoms. The second kappa shape index (κ2) is 6.73. The number of amides is 1. The monoisotopic (exact) mass is 296 g/mol. The van der Waals surface area contributed by atoms with Gasteiger partial charge >= 0.3 is 0 Å². The van der Waals surface area contributed by atoms with Crippen molar-refractivity contribution in [3.05, 3.63) is 0 Å². The van der Waals surface area contributed by atoms with Crippen molar-refractivity contribution in [1.29, 1.82) is 0 Å². The molecule has 1 aliphatic heterocycles. The molecular weight excluding hydrogens is 276 g/mol. The second-order valence-corrected chi connectivity index (χ2v) is 7.11. The van der Waals surface area contributed by atoms with Gasteiger partial charge in [0.2, 0.25) is 15.9 Å². The molecule has 1 N–H and O–H groups in total. The summed E-state index contributed by atoms with van der Waals surface area (Å²) in [5, 5.41) is 0. The molecule has 1 aliphatic rings. The van der Waals surface area contributed by atoms with Gasteiger partial charge in [-0.2, -0.15) is 0 Å². The minimum atomic E-state index is -3.32. The van der Waals surface area contributed by atoms with Gasteiger partial charge in [0.25, 0.3) is 0 Å². The summed E-state index contributed by atoms with van der Waals surface area (Å²) in [6.07, 6.45) is 1.43. The summed E-state index contributed by atoms with van der Waals surface area (Å²) in [4.78, 5) is 13.1. The van der Waals surface area contributed by atoms with Crippen LogP contribution in [0, 0.1) is 5.92 Å². The molecule has 0 aromatic carbocycles. The molecule has 106 valence electrons. The Bertz CT molecular complexity index is 386. The average Bonchev–Trinajstić information content (AvgIpc) is 2.62. The normalized spacial score (nSPS) is 20.2. The van der Waals surface area contributed by atoms with Gasteiger partial charge in [-0.25, -0.2) is 13.1 Å². The lowest BCUT2D eigenvalue weighted by atomic mass is 10.3. The lowest BCUT2D eigenvalue weighted by Gasteiger charge is -2.22. The largest absolute Gasteiger partial charge is 0.341 e. The first-order valence-electron chi connectivity index (χ1n) is 6.18. The predicted octanol–water partition coefficient (Wildman–Crippen LogP) is 0.792. The molecule has 1 fully saturated rings. The van der Waals surface area contributed by atoms with E-state index in [0.29, 0.717) is 18.8 Å². The molecule has 2 atom stereocenters. The Kier molecular flexibility index (Phi) is 5.88. The highest BCUT2D eigenvalue weighted by Gasteiger charge is 2.24. The third kappa shape index (κ3) is 5.12. The van der Waals surface area contributed by atoms with Gasteiger partial charge in [-0.15, -0.1) is 11.6 Å². The van der Waals surface area contributed by atoms with E-state index in [1.165, 1.54) is 0 Å². The summed E-state index contributed by atoms with van der Waals surface area (Å²) in [5.41, 5.74) is 0. The van der Waals surface area contributed by atoms with Crippen LogP contribution >= 0.6 is 11.6 Å². The summed E-state index contributed by atoms with van der Waals surface area (Å²) in [6, 6.07) is -0.264. The number of carbonyl (C=O) groups is 1. The van der Waals surface area contributed by atoms with E-state index in [0.717, 1.165) is 13.0 Å². The zero-order chi connectivity index (χ0) is 13.8. The van der Waals surface area contributed by atoms with Crippen LogP contribution in [0.3, 0.4) is 0 Å². The smallest absolute Gasteiger partial charge is 0.222 e. The van der Waals surface area contributed by atoms with E-state index in [1.807, 2.05) is 0 Å². The van der Waals surface area contributed by atoms with E-state index in [4.69, 9.17) is 11.6 Å². The van der Waals surface area contributed by atoms with E-state index in [-0.39, 0.29) is 23.6 Å². The number of sulfonamides is 1. The third-order valence-electron chi connectivity index (χ3n) is 2.81. The van der Waals surface area contributed by atoms with Crippen molar-refractivity contribution in [2.24, 2.45) is 5.92 Å². The van der Waals surface area contributed by atoms with Crippen molar-refractivity contribution < 1.29 is 13.2 Å². The summed E-state index contributed by atoms with van der Waals surface area (Å²) in [7, 11) is -3.32. The van der Waals surface area contributed by atoms with Crippen LogP contribution in [0.2, 0.25) is 0 Å². The van der Waals surface area contributed by atoms with Crippen molar-refractivity contribution in [3.63, 3.8) is 0 Å². The molecule has 2 unspecified atom stereocenters. The number of nitrogens with zero attached hydrogens (tertiary/aromatic N) is 1. The summed E-state index contributed by atoms with van der Waals surface area (Å²) < 4.78 is 26.2. The van der Waals surface area contributed by atoms with Gasteiger partial charge in [-0.05, 0) is 19.3 Å². The van der Waals surface area contributed by atoms with Crippen LogP contribution in [0.5, 0.6) is 0 Å². The Morgan fingerprint density at radius 1 is 1.44 bits per heavy atom. The van der Waals surface area contributed by atoms with Gasteiger partial charge in [0.1, 0.15) is 0 Å². The molecule has 0 aromatic heterocycles. The molecule has 0 bridgehead atoms. The number of hydrogen-bond donors (Lipinski definition) is 1. The maximum Gasteiger partial charge on any atom is 0.222 e. The van der Waals surface area contributed by atoms with E-state index in [9.17, 15) is 13.2 Å². The lowest BCUT2D eigenvalue weighted by Crippen LogP contribution is -2.43. The fourth-order valence-electron chi connectivity index (χ4n) is 2.04. The quantitative estimate of drug-likeness (QED) is 0.707. The van der Waals surface area contributed by atoms with Crippen molar-refractivity contribution in [1.82, 2.24) is 9.62 Å². The van der Waals surface area contributed by atoms with Gasteiger partial charge in [-0.3, -0.25) is 4.79 Å². The van der Waals surface area contributed by atoms with Gasteiger partial charge in [0.15, 0.2) is 0 Å². The highest BCUT2D eigenvalue weighted by atomic mass is 35.5. The minimum Gasteiger partial charge on any atom is -0.341 e. The molecular formula is C11H21ClN2O3S. The van der Waals surface area contributed by atoms with Crippen LogP contribution in [0.25, 0.3) is 0 Å². The molecule has 0 radical (unpaired) electrons. The fourth-order valence-corrected chi connectivity index (χ4v) is 3.93. The SMILES string of the molecule is CC(CCl)CS(=O)(=O)NC(C)CN1CCCC1=O. The minimum absolute atomic E-state index is 0.0226. The average molecular weight is 297 g/mol. The van der Waals surface area contributed by atoms with E-state index < -0.39 is 10.0 Å². The highest BCUT2D eigenvalue weighted by Crippen LogP contribution is 2.10. The maximum atomic E-state index is 11.8. The van der Waals surface area contributed by atoms with Crippen molar-refractivity contribution >= 4 is 27.5 Å². The van der Waals surface area contributed by atoms with Crippen LogP contribution in [-0.2, 0) is 14.8 Å². The standard InChI is InChI=1S/C11H21ClN2O3S/c1-9(6-12)8-18(16,17)13-10(2)7-14-5-3-4-11(14)15/h9-10,13H,3-8H2,1-2H3. The van der Waals surface area contributed by atoms with Gasteiger partial charge < -0.3 is 4.90 Å². The van der Waals surface area contributed by atoms with Crippen LogP contribution in [-0.4, -0.2) is 50.0 Å². The van der Waals surface area contributed by atoms with Crippen LogP contribution in [0.15, 0.2) is 0 Å². The second-order valence-electron chi connectivity index (χ2n) is 5.00. The van der Waals surface area contributed by atoms with Crippen LogP contribution in [0.1, 0.15) is 26.7 Å². The Morgan fingerprint density at radius 2 is 2.11 bits per heavy atom.